The third-order valence-corrected chi connectivity index (χ3v) is 6.00. The van der Waals surface area contributed by atoms with Gasteiger partial charge in [-0.25, -0.2) is 4.68 Å². The molecule has 0 aliphatic carbocycles. The number of nitrogens with one attached hydrogen (secondary N) is 2. The molecule has 1 aromatic carbocycles. The quantitative estimate of drug-likeness (QED) is 0.425. The van der Waals surface area contributed by atoms with Gasteiger partial charge in [0.25, 0.3) is 5.91 Å². The van der Waals surface area contributed by atoms with Gasteiger partial charge < -0.3 is 21.1 Å². The molecule has 3 rings (SSSR count). The Bertz CT molecular complexity index is 1190. The first-order chi connectivity index (χ1) is 16.0. The van der Waals surface area contributed by atoms with Crippen LogP contribution in [0.15, 0.2) is 36.4 Å². The number of nitrogens with zero attached hydrogens (tertiary/aromatic N) is 2. The number of hydrogen-bond acceptors (Lipinski definition) is 6. The van der Waals surface area contributed by atoms with Crippen molar-refractivity contribution in [3.05, 3.63) is 62.6 Å². The molecule has 0 saturated carbocycles. The van der Waals surface area contributed by atoms with Gasteiger partial charge in [-0.2, -0.15) is 18.3 Å². The Morgan fingerprint density at radius 2 is 1.94 bits per heavy atom. The van der Waals surface area contributed by atoms with Crippen LogP contribution in [0, 0.1) is 0 Å². The number of halogens is 4. The van der Waals surface area contributed by atoms with Crippen molar-refractivity contribution in [3.8, 4) is 11.4 Å². The first-order valence-corrected chi connectivity index (χ1v) is 11.1. The number of amides is 2. The predicted octanol–water partition coefficient (Wildman–Crippen LogP) is 3.51. The molecule has 2 heterocycles. The van der Waals surface area contributed by atoms with Crippen LogP contribution in [0.5, 0.6) is 5.75 Å². The van der Waals surface area contributed by atoms with E-state index < -0.39 is 29.7 Å². The minimum absolute atomic E-state index is 0.0152. The highest BCUT2D eigenvalue weighted by Crippen LogP contribution is 2.34. The molecule has 0 fully saturated rings. The van der Waals surface area contributed by atoms with E-state index in [9.17, 15) is 22.8 Å². The number of rotatable bonds is 8. The summed E-state index contributed by atoms with van der Waals surface area (Å²) >= 11 is 7.30. The van der Waals surface area contributed by atoms with E-state index in [1.54, 1.807) is 24.3 Å². The van der Waals surface area contributed by atoms with Gasteiger partial charge in [-0.05, 0) is 19.1 Å². The molecule has 0 radical (unpaired) electrons. The lowest BCUT2D eigenvalue weighted by atomic mass is 10.2. The van der Waals surface area contributed by atoms with Crippen molar-refractivity contribution in [1.82, 2.24) is 20.4 Å². The normalized spacial score (nSPS) is 12.3. The van der Waals surface area contributed by atoms with Crippen LogP contribution in [0.3, 0.4) is 0 Å². The fourth-order valence-corrected chi connectivity index (χ4v) is 4.18. The van der Waals surface area contributed by atoms with E-state index in [-0.39, 0.29) is 28.8 Å². The summed E-state index contributed by atoms with van der Waals surface area (Å²) in [6, 6.07) is 8.30. The number of thiophene rings is 1. The van der Waals surface area contributed by atoms with Crippen LogP contribution in [0.1, 0.15) is 33.5 Å². The second-order valence-electron chi connectivity index (χ2n) is 7.20. The van der Waals surface area contributed by atoms with Crippen LogP contribution >= 0.6 is 22.9 Å². The molecule has 2 aromatic heterocycles. The third kappa shape index (κ3) is 5.88. The molecule has 8 nitrogen and oxygen atoms in total. The lowest BCUT2D eigenvalue weighted by molar-refractivity contribution is -0.141. The number of carbonyl (C=O) groups excluding carboxylic acids is 2. The van der Waals surface area contributed by atoms with Crippen molar-refractivity contribution in [2.24, 2.45) is 5.73 Å². The van der Waals surface area contributed by atoms with Crippen molar-refractivity contribution in [1.29, 1.82) is 0 Å². The van der Waals surface area contributed by atoms with Crippen molar-refractivity contribution >= 4 is 34.8 Å². The minimum Gasteiger partial charge on any atom is -0.496 e. The number of para-hydroxylation sites is 1. The lowest BCUT2D eigenvalue weighted by Gasteiger charge is -2.10. The molecule has 0 saturated heterocycles. The van der Waals surface area contributed by atoms with Gasteiger partial charge in [0.15, 0.2) is 5.69 Å². The van der Waals surface area contributed by atoms with Gasteiger partial charge in [-0.15, -0.1) is 11.3 Å². The van der Waals surface area contributed by atoms with Crippen molar-refractivity contribution in [2.75, 3.05) is 7.11 Å². The third-order valence-electron chi connectivity index (χ3n) is 4.66. The molecular formula is C21H21ClF3N5O3S. The van der Waals surface area contributed by atoms with Crippen LogP contribution < -0.4 is 21.1 Å². The zero-order chi connectivity index (χ0) is 25.0. The summed E-state index contributed by atoms with van der Waals surface area (Å²) in [4.78, 5) is 25.1. The van der Waals surface area contributed by atoms with Gasteiger partial charge in [-0.1, -0.05) is 29.8 Å². The summed E-state index contributed by atoms with van der Waals surface area (Å²) < 4.78 is 46.3. The fraction of sp³-hybridized carbons (Fsp3) is 0.286. The second-order valence-corrected chi connectivity index (χ2v) is 8.94. The van der Waals surface area contributed by atoms with Crippen molar-refractivity contribution < 1.29 is 27.5 Å². The molecule has 0 aliphatic heterocycles. The predicted molar refractivity (Wildman–Crippen MR) is 121 cm³/mol. The van der Waals surface area contributed by atoms with Crippen LogP contribution in [-0.4, -0.2) is 34.7 Å². The lowest BCUT2D eigenvalue weighted by Crippen LogP contribution is -2.37. The standard InChI is InChI=1S/C21H21ClF3N5O3S/c1-11(26)19(31)28-10-13-7-14(18(22)34-13)30-15(8-17(29-30)21(23,24)25)20(32)27-9-12-5-3-4-6-16(12)33-2/h3-8,11H,9-10,26H2,1-2H3,(H,27,32)(H,28,31)/t11-/m0/s1. The monoisotopic (exact) mass is 515 g/mol. The first-order valence-electron chi connectivity index (χ1n) is 9.90. The molecular weight excluding hydrogens is 495 g/mol. The highest BCUT2D eigenvalue weighted by molar-refractivity contribution is 7.16. The van der Waals surface area contributed by atoms with Gasteiger partial charge in [0.1, 0.15) is 15.8 Å². The maximum Gasteiger partial charge on any atom is 0.435 e. The molecule has 34 heavy (non-hydrogen) atoms. The zero-order valence-corrected chi connectivity index (χ0v) is 19.6. The average molecular weight is 516 g/mol. The Kier molecular flexibility index (Phi) is 7.85. The molecule has 4 N–H and O–H groups in total. The Labute approximate surface area is 201 Å². The number of carbonyl (C=O) groups is 2. The summed E-state index contributed by atoms with van der Waals surface area (Å²) in [6.07, 6.45) is -4.78. The Balaban J connectivity index is 1.90. The fourth-order valence-electron chi connectivity index (χ4n) is 2.95. The molecule has 0 unspecified atom stereocenters. The topological polar surface area (TPSA) is 111 Å². The van der Waals surface area contributed by atoms with E-state index in [1.165, 1.54) is 20.1 Å². The highest BCUT2D eigenvalue weighted by Gasteiger charge is 2.36. The van der Waals surface area contributed by atoms with Gasteiger partial charge in [0.05, 0.1) is 25.4 Å². The van der Waals surface area contributed by atoms with Crippen molar-refractivity contribution in [2.45, 2.75) is 32.2 Å². The number of benzene rings is 1. The molecule has 182 valence electrons. The van der Waals surface area contributed by atoms with Crippen molar-refractivity contribution in [3.63, 3.8) is 0 Å². The largest absolute Gasteiger partial charge is 0.496 e. The minimum atomic E-state index is -4.78. The summed E-state index contributed by atoms with van der Waals surface area (Å²) in [5, 5.41) is 8.76. The molecule has 0 spiro atoms. The summed E-state index contributed by atoms with van der Waals surface area (Å²) in [5.74, 6) is -0.671. The summed E-state index contributed by atoms with van der Waals surface area (Å²) in [7, 11) is 1.47. The van der Waals surface area contributed by atoms with Crippen LogP contribution in [0.25, 0.3) is 5.69 Å². The number of hydrogen-bond donors (Lipinski definition) is 3. The van der Waals surface area contributed by atoms with Crippen LogP contribution in [0.2, 0.25) is 4.34 Å². The first kappa shape index (κ1) is 25.5. The summed E-state index contributed by atoms with van der Waals surface area (Å²) in [6.45, 7) is 1.59. The highest BCUT2D eigenvalue weighted by atomic mass is 35.5. The SMILES string of the molecule is COc1ccccc1CNC(=O)c1cc(C(F)(F)F)nn1-c1cc(CNC(=O)[C@H](C)N)sc1Cl. The Morgan fingerprint density at radius 3 is 2.59 bits per heavy atom. The molecule has 13 heteroatoms. The summed E-state index contributed by atoms with van der Waals surface area (Å²) in [5.41, 5.74) is 4.62. The number of methoxy groups -OCH3 is 1. The maximum atomic E-state index is 13.4. The van der Waals surface area contributed by atoms with Gasteiger partial charge in [0.2, 0.25) is 5.91 Å². The number of alkyl halides is 3. The van der Waals surface area contributed by atoms with E-state index in [0.29, 0.717) is 22.3 Å². The molecule has 0 bridgehead atoms. The maximum absolute atomic E-state index is 13.4. The number of aromatic nitrogens is 2. The van der Waals surface area contributed by atoms with Gasteiger partial charge in [0, 0.05) is 23.1 Å². The number of nitrogens with two attached hydrogens (primary N) is 1. The number of ether oxygens (including phenoxy) is 1. The Hall–Kier alpha value is -3.09. The molecule has 2 amide bonds. The molecule has 3 aromatic rings. The van der Waals surface area contributed by atoms with E-state index in [2.05, 4.69) is 15.7 Å². The van der Waals surface area contributed by atoms with Crippen LogP contribution in [0.4, 0.5) is 13.2 Å². The van der Waals surface area contributed by atoms with E-state index in [4.69, 9.17) is 22.1 Å². The molecule has 1 atom stereocenters. The second kappa shape index (κ2) is 10.5. The smallest absolute Gasteiger partial charge is 0.435 e. The Morgan fingerprint density at radius 1 is 1.24 bits per heavy atom. The van der Waals surface area contributed by atoms with E-state index >= 15 is 0 Å². The van der Waals surface area contributed by atoms with Crippen LogP contribution in [-0.2, 0) is 24.1 Å². The molecule has 0 aliphatic rings. The van der Waals surface area contributed by atoms with E-state index in [0.717, 1.165) is 16.0 Å². The van der Waals surface area contributed by atoms with E-state index in [1.807, 2.05) is 0 Å². The average Bonchev–Trinajstić information content (AvgIpc) is 3.39. The zero-order valence-electron chi connectivity index (χ0n) is 18.1. The van der Waals surface area contributed by atoms with Gasteiger partial charge >= 0.3 is 6.18 Å². The van der Waals surface area contributed by atoms with Gasteiger partial charge in [-0.3, -0.25) is 9.59 Å².